The van der Waals surface area contributed by atoms with Crippen molar-refractivity contribution in [2.45, 2.75) is 57.5 Å². The lowest BCUT2D eigenvalue weighted by Crippen LogP contribution is -2.60. The highest BCUT2D eigenvalue weighted by atomic mass is 32.2. The number of hydrogen-bond acceptors (Lipinski definition) is 3. The Bertz CT molecular complexity index is 676. The second-order valence-electron chi connectivity index (χ2n) is 7.54. The topological polar surface area (TPSA) is 43.9 Å². The number of nitrogens with zero attached hydrogens (tertiary/aromatic N) is 3. The average molecular weight is 380 g/mol. The van der Waals surface area contributed by atoms with E-state index in [0.29, 0.717) is 25.6 Å². The van der Waals surface area contributed by atoms with E-state index in [1.54, 1.807) is 4.31 Å². The third kappa shape index (κ3) is 3.70. The van der Waals surface area contributed by atoms with Gasteiger partial charge in [-0.15, -0.1) is 0 Å². The van der Waals surface area contributed by atoms with Gasteiger partial charge < -0.3 is 4.90 Å². The van der Waals surface area contributed by atoms with Crippen molar-refractivity contribution in [3.05, 3.63) is 35.9 Å². The molecule has 2 saturated heterocycles. The zero-order valence-electron chi connectivity index (χ0n) is 16.3. The molecule has 0 bridgehead atoms. The van der Waals surface area contributed by atoms with Gasteiger partial charge >= 0.3 is 0 Å². The molecule has 26 heavy (non-hydrogen) atoms. The SMILES string of the molecule is CCN(CC)S(=O)(=O)N1CC[C@H](c2ccccc2)[C@@H]2[C@H]1CCCCN2C. The Morgan fingerprint density at radius 1 is 1.04 bits per heavy atom. The molecule has 0 radical (unpaired) electrons. The molecule has 1 aromatic carbocycles. The monoisotopic (exact) mass is 379 g/mol. The highest BCUT2D eigenvalue weighted by Gasteiger charge is 2.46. The van der Waals surface area contributed by atoms with Crippen LogP contribution in [0.4, 0.5) is 0 Å². The van der Waals surface area contributed by atoms with Gasteiger partial charge in [0.2, 0.25) is 0 Å². The van der Waals surface area contributed by atoms with Crippen LogP contribution >= 0.6 is 0 Å². The molecule has 2 fully saturated rings. The molecule has 6 heteroatoms. The second kappa shape index (κ2) is 8.38. The third-order valence-corrected chi connectivity index (χ3v) is 8.38. The summed E-state index contributed by atoms with van der Waals surface area (Å²) in [4.78, 5) is 2.42. The first-order chi connectivity index (χ1) is 12.5. The quantitative estimate of drug-likeness (QED) is 0.790. The van der Waals surface area contributed by atoms with Crippen molar-refractivity contribution >= 4 is 10.2 Å². The van der Waals surface area contributed by atoms with Crippen molar-refractivity contribution in [1.29, 1.82) is 0 Å². The Kier molecular flexibility index (Phi) is 6.38. The molecule has 0 N–H and O–H groups in total. The fraction of sp³-hybridized carbons (Fsp3) is 0.700. The number of rotatable bonds is 5. The van der Waals surface area contributed by atoms with Crippen LogP contribution in [0, 0.1) is 0 Å². The van der Waals surface area contributed by atoms with Crippen LogP contribution in [0.2, 0.25) is 0 Å². The highest BCUT2D eigenvalue weighted by molar-refractivity contribution is 7.86. The highest BCUT2D eigenvalue weighted by Crippen LogP contribution is 2.39. The van der Waals surface area contributed by atoms with Gasteiger partial charge in [0, 0.05) is 37.6 Å². The van der Waals surface area contributed by atoms with Gasteiger partial charge in [0.15, 0.2) is 0 Å². The Balaban J connectivity index is 1.97. The van der Waals surface area contributed by atoms with Crippen molar-refractivity contribution in [1.82, 2.24) is 13.5 Å². The number of benzene rings is 1. The van der Waals surface area contributed by atoms with E-state index in [0.717, 1.165) is 32.2 Å². The van der Waals surface area contributed by atoms with E-state index in [1.807, 2.05) is 18.2 Å². The molecule has 5 nitrogen and oxygen atoms in total. The van der Waals surface area contributed by atoms with Crippen LogP contribution in [-0.4, -0.2) is 67.2 Å². The van der Waals surface area contributed by atoms with E-state index in [9.17, 15) is 8.42 Å². The lowest BCUT2D eigenvalue weighted by atomic mass is 9.80. The van der Waals surface area contributed by atoms with Gasteiger partial charge in [-0.05, 0) is 38.4 Å². The van der Waals surface area contributed by atoms with Crippen molar-refractivity contribution in [3.63, 3.8) is 0 Å². The minimum absolute atomic E-state index is 0.0621. The molecule has 2 aliphatic heterocycles. The molecule has 0 unspecified atom stereocenters. The molecule has 0 saturated carbocycles. The van der Waals surface area contributed by atoms with Crippen LogP contribution in [-0.2, 0) is 10.2 Å². The maximum atomic E-state index is 13.3. The maximum absolute atomic E-state index is 13.3. The van der Waals surface area contributed by atoms with Gasteiger partial charge in [-0.3, -0.25) is 0 Å². The summed E-state index contributed by atoms with van der Waals surface area (Å²) in [5, 5.41) is 0. The molecular formula is C20H33N3O2S. The summed E-state index contributed by atoms with van der Waals surface area (Å²) in [6, 6.07) is 11.0. The first-order valence-corrected chi connectivity index (χ1v) is 11.4. The van der Waals surface area contributed by atoms with Crippen molar-refractivity contribution in [2.75, 3.05) is 33.2 Å². The lowest BCUT2D eigenvalue weighted by Gasteiger charge is -2.48. The standard InChI is InChI=1S/C20H33N3O2S/c1-4-22(5-2)26(24,25)23-16-14-18(17-11-7-6-8-12-17)20-19(23)13-9-10-15-21(20)3/h6-8,11-12,18-20H,4-5,9-10,13-16H2,1-3H3/t18-,19-,20-/m1/s1. The molecule has 146 valence electrons. The normalized spacial score (nSPS) is 28.7. The Labute approximate surface area is 159 Å². The van der Waals surface area contributed by atoms with Crippen molar-refractivity contribution in [3.8, 4) is 0 Å². The summed E-state index contributed by atoms with van der Waals surface area (Å²) in [6.07, 6.45) is 4.08. The summed E-state index contributed by atoms with van der Waals surface area (Å²) in [7, 11) is -1.23. The molecule has 0 spiro atoms. The Morgan fingerprint density at radius 2 is 1.73 bits per heavy atom. The van der Waals surface area contributed by atoms with E-state index < -0.39 is 10.2 Å². The summed E-state index contributed by atoms with van der Waals surface area (Å²) in [6.45, 7) is 6.58. The average Bonchev–Trinajstić information content (AvgIpc) is 2.84. The second-order valence-corrected chi connectivity index (χ2v) is 9.42. The van der Waals surface area contributed by atoms with Gasteiger partial charge in [0.05, 0.1) is 0 Å². The number of hydrogen-bond donors (Lipinski definition) is 0. The number of piperidine rings is 1. The number of fused-ring (bicyclic) bond motifs is 1. The fourth-order valence-corrected chi connectivity index (χ4v) is 6.73. The summed E-state index contributed by atoms with van der Waals surface area (Å²) in [5.41, 5.74) is 1.34. The van der Waals surface area contributed by atoms with Gasteiger partial charge in [0.25, 0.3) is 10.2 Å². The van der Waals surface area contributed by atoms with E-state index in [1.165, 1.54) is 5.56 Å². The van der Waals surface area contributed by atoms with E-state index in [-0.39, 0.29) is 12.1 Å². The van der Waals surface area contributed by atoms with Crippen molar-refractivity contribution < 1.29 is 8.42 Å². The molecule has 0 amide bonds. The number of likely N-dealkylation sites (tertiary alicyclic amines) is 1. The summed E-state index contributed by atoms with van der Waals surface area (Å²) >= 11 is 0. The predicted octanol–water partition coefficient (Wildman–Crippen LogP) is 2.92. The zero-order valence-corrected chi connectivity index (χ0v) is 17.2. The van der Waals surface area contributed by atoms with Gasteiger partial charge in [-0.25, -0.2) is 0 Å². The third-order valence-electron chi connectivity index (χ3n) is 6.16. The molecule has 3 rings (SSSR count). The van der Waals surface area contributed by atoms with Crippen LogP contribution in [0.15, 0.2) is 30.3 Å². The number of likely N-dealkylation sites (N-methyl/N-ethyl adjacent to an activating group) is 1. The summed E-state index contributed by atoms with van der Waals surface area (Å²) < 4.78 is 30.0. The Morgan fingerprint density at radius 3 is 2.38 bits per heavy atom. The van der Waals surface area contributed by atoms with Gasteiger partial charge in [-0.1, -0.05) is 50.6 Å². The van der Waals surface area contributed by atoms with Crippen LogP contribution in [0.5, 0.6) is 0 Å². The molecule has 0 aromatic heterocycles. The minimum atomic E-state index is -3.40. The molecule has 2 heterocycles. The molecule has 2 aliphatic rings. The van der Waals surface area contributed by atoms with E-state index in [2.05, 4.69) is 42.3 Å². The molecule has 0 aliphatic carbocycles. The van der Waals surface area contributed by atoms with Gasteiger partial charge in [0.1, 0.15) is 0 Å². The first kappa shape index (κ1) is 19.8. The van der Waals surface area contributed by atoms with Crippen LogP contribution < -0.4 is 0 Å². The van der Waals surface area contributed by atoms with E-state index >= 15 is 0 Å². The van der Waals surface area contributed by atoms with Crippen LogP contribution in [0.25, 0.3) is 0 Å². The smallest absolute Gasteiger partial charge is 0.282 e. The molecule has 1 aromatic rings. The van der Waals surface area contributed by atoms with Crippen LogP contribution in [0.1, 0.15) is 51.0 Å². The first-order valence-electron chi connectivity index (χ1n) is 10.0. The summed E-state index contributed by atoms with van der Waals surface area (Å²) in [5.74, 6) is 0.396. The zero-order chi connectivity index (χ0) is 18.7. The van der Waals surface area contributed by atoms with Gasteiger partial charge in [-0.2, -0.15) is 17.0 Å². The fourth-order valence-electron chi connectivity index (χ4n) is 4.87. The minimum Gasteiger partial charge on any atom is -0.301 e. The molecule has 3 atom stereocenters. The molecular weight excluding hydrogens is 346 g/mol. The Hall–Kier alpha value is -0.950. The van der Waals surface area contributed by atoms with E-state index in [4.69, 9.17) is 0 Å². The maximum Gasteiger partial charge on any atom is 0.282 e. The predicted molar refractivity (Wildman–Crippen MR) is 106 cm³/mol. The van der Waals surface area contributed by atoms with Crippen molar-refractivity contribution in [2.24, 2.45) is 0 Å². The largest absolute Gasteiger partial charge is 0.301 e. The van der Waals surface area contributed by atoms with Crippen LogP contribution in [0.3, 0.4) is 0 Å². The lowest BCUT2D eigenvalue weighted by molar-refractivity contribution is 0.0899.